The zero-order chi connectivity index (χ0) is 10.4. The van der Waals surface area contributed by atoms with Gasteiger partial charge in [0.2, 0.25) is 0 Å². The molecule has 0 amide bonds. The van der Waals surface area contributed by atoms with Crippen LogP contribution in [0.5, 0.6) is 0 Å². The molecule has 0 unspecified atom stereocenters. The Kier molecular flexibility index (Phi) is 14.0. The molecule has 6 nitrogen and oxygen atoms in total. The maximum atomic E-state index is 9.34. The second-order valence-corrected chi connectivity index (χ2v) is 5.82. The summed E-state index contributed by atoms with van der Waals surface area (Å²) < 4.78 is 18.7. The van der Waals surface area contributed by atoms with Gasteiger partial charge in [-0.1, -0.05) is 15.2 Å². The Hall–Kier alpha value is 1.76. The summed E-state index contributed by atoms with van der Waals surface area (Å²) in [6.07, 6.45) is 0. The second-order valence-electron chi connectivity index (χ2n) is 1.46. The Balaban J connectivity index is -0.000000143. The molecule has 76 valence electrons. The topological polar surface area (TPSA) is 126 Å². The third-order valence-electron chi connectivity index (χ3n) is 0.293. The molecule has 11 heteroatoms. The number of halogens is 2. The Morgan fingerprint density at radius 1 is 0.846 bits per heavy atom. The van der Waals surface area contributed by atoms with E-state index in [2.05, 4.69) is 23.2 Å². The van der Waals surface area contributed by atoms with Crippen LogP contribution in [-0.2, 0) is 35.3 Å². The molecule has 0 aromatic rings. The first-order valence-electron chi connectivity index (χ1n) is 2.26. The maximum absolute atomic E-state index is 9.34. The van der Waals surface area contributed by atoms with Gasteiger partial charge in [-0.15, -0.1) is 23.2 Å². The third kappa shape index (κ3) is 31.6. The number of hydrogen-bond acceptors (Lipinski definition) is 6. The van der Waals surface area contributed by atoms with Crippen molar-refractivity contribution in [3.05, 3.63) is 0 Å². The van der Waals surface area contributed by atoms with Gasteiger partial charge in [0, 0.05) is 0 Å². The SMILES string of the molecule is O=P([O-])([O-])CCl.O=P([O-])([O-])CCl.[Zr+4]. The smallest absolute Gasteiger partial charge is 0.810 e. The fraction of sp³-hybridized carbons (Fsp3) is 1.00. The van der Waals surface area contributed by atoms with Crippen molar-refractivity contribution in [1.82, 2.24) is 0 Å². The number of hydrogen-bond donors (Lipinski definition) is 0. The van der Waals surface area contributed by atoms with E-state index in [9.17, 15) is 28.7 Å². The summed E-state index contributed by atoms with van der Waals surface area (Å²) in [5, 5.41) is 0. The van der Waals surface area contributed by atoms with E-state index in [-0.39, 0.29) is 26.2 Å². The zero-order valence-corrected chi connectivity index (χ0v) is 11.8. The van der Waals surface area contributed by atoms with Gasteiger partial charge in [-0.2, -0.15) is 0 Å². The maximum Gasteiger partial charge on any atom is 4.00 e. The standard InChI is InChI=1S/2CH4ClO3P.Zr/c2*2-1-6(3,4)5;/h2*1H2,(H2,3,4,5);/q;;+4/p-4. The molecule has 0 aliphatic rings. The van der Waals surface area contributed by atoms with E-state index >= 15 is 0 Å². The summed E-state index contributed by atoms with van der Waals surface area (Å²) in [5.74, 6) is 0. The van der Waals surface area contributed by atoms with Crippen LogP contribution in [0.15, 0.2) is 0 Å². The molecule has 0 aromatic heterocycles. The molecule has 0 fully saturated rings. The van der Waals surface area contributed by atoms with Gasteiger partial charge in [-0.3, -0.25) is 0 Å². The van der Waals surface area contributed by atoms with Crippen LogP contribution in [0.2, 0.25) is 0 Å². The van der Waals surface area contributed by atoms with Gasteiger partial charge < -0.3 is 28.7 Å². The summed E-state index contributed by atoms with van der Waals surface area (Å²) in [4.78, 5) is 37.4. The van der Waals surface area contributed by atoms with Crippen LogP contribution in [0.25, 0.3) is 0 Å². The molecule has 0 radical (unpaired) electrons. The van der Waals surface area contributed by atoms with Gasteiger partial charge >= 0.3 is 26.2 Å². The van der Waals surface area contributed by atoms with Crippen LogP contribution in [0, 0.1) is 0 Å². The third-order valence-corrected chi connectivity index (χ3v) is 2.63. The van der Waals surface area contributed by atoms with Crippen molar-refractivity contribution in [1.29, 1.82) is 0 Å². The summed E-state index contributed by atoms with van der Waals surface area (Å²) in [6, 6.07) is 0. The predicted octanol–water partition coefficient (Wildman–Crippen LogP) is -1.81. The molecule has 13 heavy (non-hydrogen) atoms. The predicted molar refractivity (Wildman–Crippen MR) is 36.7 cm³/mol. The molecule has 0 aromatic carbocycles. The molecule has 0 saturated heterocycles. The van der Waals surface area contributed by atoms with Crippen LogP contribution in [0.3, 0.4) is 0 Å². The summed E-state index contributed by atoms with van der Waals surface area (Å²) in [7, 11) is -8.76. The van der Waals surface area contributed by atoms with Crippen LogP contribution < -0.4 is 19.6 Å². The Labute approximate surface area is 104 Å². The second kappa shape index (κ2) is 9.02. The Bertz CT molecular complexity index is 177. The summed E-state index contributed by atoms with van der Waals surface area (Å²) in [5.41, 5.74) is -1.62. The first-order chi connectivity index (χ1) is 5.12. The van der Waals surface area contributed by atoms with Crippen molar-refractivity contribution in [3.8, 4) is 0 Å². The van der Waals surface area contributed by atoms with Gasteiger partial charge in [-0.25, -0.2) is 0 Å². The minimum absolute atomic E-state index is 0. The van der Waals surface area contributed by atoms with Gasteiger partial charge in [-0.05, 0) is 0 Å². The first-order valence-corrected chi connectivity index (χ1v) is 6.79. The molecule has 0 rings (SSSR count). The minimum Gasteiger partial charge on any atom is -0.810 e. The number of alkyl halides is 2. The van der Waals surface area contributed by atoms with Crippen molar-refractivity contribution in [3.63, 3.8) is 0 Å². The molecule has 0 bridgehead atoms. The average Bonchev–Trinajstić information content (AvgIpc) is 1.86. The van der Waals surface area contributed by atoms with Crippen LogP contribution in [0.4, 0.5) is 0 Å². The number of rotatable bonds is 2. The molecule has 0 atom stereocenters. The van der Waals surface area contributed by atoms with Gasteiger partial charge in [0.15, 0.2) is 0 Å². The summed E-state index contributed by atoms with van der Waals surface area (Å²) >= 11 is 9.18. The molecule has 0 spiro atoms. The van der Waals surface area contributed by atoms with E-state index in [0.29, 0.717) is 0 Å². The van der Waals surface area contributed by atoms with Gasteiger partial charge in [0.1, 0.15) is 0 Å². The monoisotopic (exact) mass is 346 g/mol. The quantitative estimate of drug-likeness (QED) is 0.428. The average molecular weight is 348 g/mol. The normalized spacial score (nSPS) is 10.9. The van der Waals surface area contributed by atoms with Crippen molar-refractivity contribution in [2.45, 2.75) is 0 Å². The Morgan fingerprint density at radius 3 is 0.923 bits per heavy atom. The molecule has 0 heterocycles. The van der Waals surface area contributed by atoms with Crippen molar-refractivity contribution in [2.75, 3.05) is 11.2 Å². The van der Waals surface area contributed by atoms with Crippen molar-refractivity contribution in [2.24, 2.45) is 0 Å². The largest absolute Gasteiger partial charge is 4.00 e. The minimum atomic E-state index is -4.38. The van der Waals surface area contributed by atoms with E-state index in [0.717, 1.165) is 0 Å². The molecule has 0 saturated carbocycles. The van der Waals surface area contributed by atoms with E-state index in [1.807, 2.05) is 0 Å². The van der Waals surface area contributed by atoms with Crippen LogP contribution in [0.1, 0.15) is 0 Å². The van der Waals surface area contributed by atoms with Gasteiger partial charge in [0.05, 0.1) is 11.2 Å². The molecular formula is C2H4Cl2O6P2Zr. The molecule has 0 N–H and O–H groups in total. The zero-order valence-electron chi connectivity index (χ0n) is 6.01. The van der Waals surface area contributed by atoms with E-state index in [4.69, 9.17) is 0 Å². The Morgan fingerprint density at radius 2 is 0.923 bits per heavy atom. The van der Waals surface area contributed by atoms with E-state index in [1.54, 1.807) is 0 Å². The van der Waals surface area contributed by atoms with Crippen molar-refractivity contribution >= 4 is 38.4 Å². The van der Waals surface area contributed by atoms with Gasteiger partial charge in [0.25, 0.3) is 0 Å². The van der Waals surface area contributed by atoms with Crippen molar-refractivity contribution < 1.29 is 54.9 Å². The summed E-state index contributed by atoms with van der Waals surface area (Å²) in [6.45, 7) is 0. The molecular weight excluding hydrogens is 344 g/mol. The fourth-order valence-corrected chi connectivity index (χ4v) is 0. The van der Waals surface area contributed by atoms with Crippen LogP contribution >= 0.6 is 38.4 Å². The van der Waals surface area contributed by atoms with Crippen LogP contribution in [-0.4, -0.2) is 11.2 Å². The molecule has 0 aliphatic heterocycles. The fourth-order valence-electron chi connectivity index (χ4n) is 0. The first kappa shape index (κ1) is 20.2. The van der Waals surface area contributed by atoms with E-state index < -0.39 is 26.4 Å². The molecule has 0 aliphatic carbocycles. The van der Waals surface area contributed by atoms with E-state index in [1.165, 1.54) is 0 Å².